The van der Waals surface area contributed by atoms with Gasteiger partial charge in [0.2, 0.25) is 5.91 Å². The standard InChI is InChI=1S/C13H12N2O5/c1-7-12(13(17)18)9(6-11(16)14-7)8-4-2-3-5-10(8)15(19)20/h2-5,9H,6H2,1H3,(H,14,16)(H,17,18)/t9-/m1/s1. The van der Waals surface area contributed by atoms with Crippen LogP contribution < -0.4 is 5.32 Å². The van der Waals surface area contributed by atoms with Crippen molar-refractivity contribution in [1.29, 1.82) is 0 Å². The molecule has 20 heavy (non-hydrogen) atoms. The number of benzene rings is 1. The molecule has 0 saturated carbocycles. The normalized spacial score (nSPS) is 18.6. The Balaban J connectivity index is 2.61. The summed E-state index contributed by atoms with van der Waals surface area (Å²) < 4.78 is 0. The summed E-state index contributed by atoms with van der Waals surface area (Å²) in [6.45, 7) is 1.47. The quantitative estimate of drug-likeness (QED) is 0.643. The molecule has 104 valence electrons. The second-order valence-corrected chi connectivity index (χ2v) is 4.46. The number of carbonyl (C=O) groups is 2. The first kappa shape index (κ1) is 13.7. The summed E-state index contributed by atoms with van der Waals surface area (Å²) in [5.74, 6) is -2.36. The van der Waals surface area contributed by atoms with Crippen LogP contribution in [0, 0.1) is 10.1 Å². The fourth-order valence-electron chi connectivity index (χ4n) is 2.40. The van der Waals surface area contributed by atoms with Crippen LogP contribution in [0.15, 0.2) is 35.5 Å². The average molecular weight is 276 g/mol. The molecule has 0 radical (unpaired) electrons. The van der Waals surface area contributed by atoms with Crippen LogP contribution in [0.1, 0.15) is 24.8 Å². The highest BCUT2D eigenvalue weighted by atomic mass is 16.6. The van der Waals surface area contributed by atoms with Gasteiger partial charge >= 0.3 is 5.97 Å². The molecule has 0 spiro atoms. The molecular weight excluding hydrogens is 264 g/mol. The maximum atomic E-state index is 11.6. The van der Waals surface area contributed by atoms with Crippen molar-refractivity contribution in [3.8, 4) is 0 Å². The maximum absolute atomic E-state index is 11.6. The van der Waals surface area contributed by atoms with Gasteiger partial charge in [0, 0.05) is 29.7 Å². The number of nitro benzene ring substituents is 1. The highest BCUT2D eigenvalue weighted by Gasteiger charge is 2.35. The van der Waals surface area contributed by atoms with E-state index in [-0.39, 0.29) is 34.8 Å². The SMILES string of the molecule is CC1=C(C(=O)O)[C@@H](c2ccccc2[N+](=O)[O-])CC(=O)N1. The molecule has 0 saturated heterocycles. The molecule has 1 aliphatic heterocycles. The number of carboxylic acid groups (broad SMARTS) is 1. The predicted octanol–water partition coefficient (Wildman–Crippen LogP) is 1.56. The van der Waals surface area contributed by atoms with Gasteiger partial charge in [0.05, 0.1) is 10.5 Å². The summed E-state index contributed by atoms with van der Waals surface area (Å²) in [5, 5.41) is 22.8. The molecule has 1 aromatic rings. The Morgan fingerprint density at radius 3 is 2.70 bits per heavy atom. The van der Waals surface area contributed by atoms with Gasteiger partial charge < -0.3 is 10.4 Å². The zero-order valence-electron chi connectivity index (χ0n) is 10.6. The highest BCUT2D eigenvalue weighted by Crippen LogP contribution is 2.37. The molecule has 0 unspecified atom stereocenters. The van der Waals surface area contributed by atoms with Gasteiger partial charge in [-0.2, -0.15) is 0 Å². The van der Waals surface area contributed by atoms with Crippen molar-refractivity contribution < 1.29 is 19.6 Å². The molecule has 2 rings (SSSR count). The molecule has 7 nitrogen and oxygen atoms in total. The summed E-state index contributed by atoms with van der Waals surface area (Å²) in [5.41, 5.74) is 0.263. The number of aliphatic carboxylic acids is 1. The molecule has 0 fully saturated rings. The minimum atomic E-state index is -1.19. The van der Waals surface area contributed by atoms with Crippen molar-refractivity contribution >= 4 is 17.6 Å². The van der Waals surface area contributed by atoms with Crippen molar-refractivity contribution in [3.63, 3.8) is 0 Å². The third-order valence-electron chi connectivity index (χ3n) is 3.21. The number of hydrogen-bond donors (Lipinski definition) is 2. The van der Waals surface area contributed by atoms with Crippen LogP contribution in [0.25, 0.3) is 0 Å². The first-order chi connectivity index (χ1) is 9.41. The van der Waals surface area contributed by atoms with Gasteiger partial charge in [-0.25, -0.2) is 4.79 Å². The number of para-hydroxylation sites is 1. The summed E-state index contributed by atoms with van der Waals surface area (Å²) in [4.78, 5) is 33.4. The molecule has 0 aliphatic carbocycles. The number of nitro groups is 1. The lowest BCUT2D eigenvalue weighted by atomic mass is 9.84. The van der Waals surface area contributed by atoms with E-state index in [0.717, 1.165) is 0 Å². The molecule has 2 N–H and O–H groups in total. The molecule has 7 heteroatoms. The third-order valence-corrected chi connectivity index (χ3v) is 3.21. The van der Waals surface area contributed by atoms with Crippen LogP contribution in [0.3, 0.4) is 0 Å². The number of hydrogen-bond acceptors (Lipinski definition) is 4. The number of rotatable bonds is 3. The largest absolute Gasteiger partial charge is 0.478 e. The van der Waals surface area contributed by atoms with E-state index in [1.807, 2.05) is 0 Å². The van der Waals surface area contributed by atoms with Crippen molar-refractivity contribution in [2.75, 3.05) is 0 Å². The minimum Gasteiger partial charge on any atom is -0.478 e. The van der Waals surface area contributed by atoms with Crippen LogP contribution >= 0.6 is 0 Å². The van der Waals surface area contributed by atoms with E-state index in [0.29, 0.717) is 0 Å². The van der Waals surface area contributed by atoms with Crippen molar-refractivity contribution in [2.45, 2.75) is 19.3 Å². The van der Waals surface area contributed by atoms with Gasteiger partial charge in [0.25, 0.3) is 5.69 Å². The van der Waals surface area contributed by atoms with Gasteiger partial charge in [-0.05, 0) is 6.92 Å². The van der Waals surface area contributed by atoms with Gasteiger partial charge in [0.1, 0.15) is 0 Å². The number of nitrogens with zero attached hydrogens (tertiary/aromatic N) is 1. The Morgan fingerprint density at radius 2 is 2.10 bits per heavy atom. The Labute approximate surface area is 114 Å². The monoisotopic (exact) mass is 276 g/mol. The van der Waals surface area contributed by atoms with Crippen molar-refractivity contribution in [2.24, 2.45) is 0 Å². The van der Waals surface area contributed by atoms with E-state index < -0.39 is 16.8 Å². The molecule has 1 amide bonds. The van der Waals surface area contributed by atoms with Gasteiger partial charge in [-0.15, -0.1) is 0 Å². The summed E-state index contributed by atoms with van der Waals surface area (Å²) in [6.07, 6.45) is -0.121. The van der Waals surface area contributed by atoms with Crippen molar-refractivity contribution in [1.82, 2.24) is 5.32 Å². The summed E-state index contributed by atoms with van der Waals surface area (Å²) in [6, 6.07) is 5.87. The van der Waals surface area contributed by atoms with E-state index in [1.54, 1.807) is 6.07 Å². The Bertz CT molecular complexity index is 635. The zero-order valence-corrected chi connectivity index (χ0v) is 10.6. The maximum Gasteiger partial charge on any atom is 0.333 e. The first-order valence-corrected chi connectivity index (χ1v) is 5.89. The first-order valence-electron chi connectivity index (χ1n) is 5.89. The van der Waals surface area contributed by atoms with Gasteiger partial charge in [-0.1, -0.05) is 18.2 Å². The number of amides is 1. The second kappa shape index (κ2) is 5.12. The number of carbonyl (C=O) groups excluding carboxylic acids is 1. The summed E-state index contributed by atoms with van der Waals surface area (Å²) in [7, 11) is 0. The lowest BCUT2D eigenvalue weighted by Crippen LogP contribution is -2.33. The van der Waals surface area contributed by atoms with Crippen LogP contribution in [0.4, 0.5) is 5.69 Å². The van der Waals surface area contributed by atoms with E-state index in [4.69, 9.17) is 0 Å². The van der Waals surface area contributed by atoms with E-state index in [9.17, 15) is 24.8 Å². The fourth-order valence-corrected chi connectivity index (χ4v) is 2.40. The van der Waals surface area contributed by atoms with Crippen LogP contribution in [0.5, 0.6) is 0 Å². The Hall–Kier alpha value is -2.70. The lowest BCUT2D eigenvalue weighted by Gasteiger charge is -2.25. The molecule has 0 bridgehead atoms. The fraction of sp³-hybridized carbons (Fsp3) is 0.231. The molecule has 1 heterocycles. The van der Waals surface area contributed by atoms with E-state index in [2.05, 4.69) is 5.32 Å². The second-order valence-electron chi connectivity index (χ2n) is 4.46. The van der Waals surface area contributed by atoms with Crippen LogP contribution in [-0.2, 0) is 9.59 Å². The van der Waals surface area contributed by atoms with Gasteiger partial charge in [0.15, 0.2) is 0 Å². The minimum absolute atomic E-state index is 0.0149. The number of nitrogens with one attached hydrogen (secondary N) is 1. The third kappa shape index (κ3) is 2.37. The predicted molar refractivity (Wildman–Crippen MR) is 68.9 cm³/mol. The van der Waals surface area contributed by atoms with E-state index >= 15 is 0 Å². The number of carboxylic acids is 1. The number of allylic oxidation sites excluding steroid dienone is 1. The average Bonchev–Trinajstić information content (AvgIpc) is 2.37. The van der Waals surface area contributed by atoms with E-state index in [1.165, 1.54) is 25.1 Å². The lowest BCUT2D eigenvalue weighted by molar-refractivity contribution is -0.385. The molecular formula is C13H12N2O5. The van der Waals surface area contributed by atoms with Crippen LogP contribution in [0.2, 0.25) is 0 Å². The molecule has 1 atom stereocenters. The van der Waals surface area contributed by atoms with Crippen molar-refractivity contribution in [3.05, 3.63) is 51.2 Å². The van der Waals surface area contributed by atoms with Crippen LogP contribution in [-0.4, -0.2) is 21.9 Å². The molecule has 1 aliphatic rings. The Morgan fingerprint density at radius 1 is 1.45 bits per heavy atom. The summed E-state index contributed by atoms with van der Waals surface area (Å²) >= 11 is 0. The highest BCUT2D eigenvalue weighted by molar-refractivity contribution is 5.95. The topological polar surface area (TPSA) is 110 Å². The molecule has 0 aromatic heterocycles. The Kier molecular flexibility index (Phi) is 3.51. The zero-order chi connectivity index (χ0) is 14.9. The van der Waals surface area contributed by atoms with Gasteiger partial charge in [-0.3, -0.25) is 14.9 Å². The molecule has 1 aromatic carbocycles. The smallest absolute Gasteiger partial charge is 0.333 e.